The normalized spacial score (nSPS) is 11.4. The number of nitrogens with one attached hydrogen (secondary N) is 1. The van der Waals surface area contributed by atoms with Crippen LogP contribution >= 0.6 is 0 Å². The zero-order valence-electron chi connectivity index (χ0n) is 35.0. The lowest BCUT2D eigenvalue weighted by molar-refractivity contribution is -0.114. The Morgan fingerprint density at radius 3 is 0.946 bits per heavy atom. The second-order valence-corrected chi connectivity index (χ2v) is 13.0. The Kier molecular flexibility index (Phi) is 41.1. The van der Waals surface area contributed by atoms with Gasteiger partial charge in [0.25, 0.3) is 0 Å². The number of hydrogen-bond donors (Lipinski definition) is 1. The number of rotatable bonds is 46. The standard InChI is InChI=1S/C42H77NO13/c1-3-4-5-6-7-8-9-10-11-12-17-45-18-19-46-20-21-47-22-23-48-24-25-49-26-27-50-28-29-51-30-31-52-32-33-53-34-35-54-36-37-55-38-39-56-42-15-13-41(14-16-42)43-40(2)44/h13-16H,3-12,17-39H2,1-2H3,(H,43,44). The third-order valence-corrected chi connectivity index (χ3v) is 8.03. The van der Waals surface area contributed by atoms with E-state index < -0.39 is 0 Å². The summed E-state index contributed by atoms with van der Waals surface area (Å²) in [6.07, 6.45) is 13.4. The number of amides is 1. The van der Waals surface area contributed by atoms with Crippen LogP contribution in [0.4, 0.5) is 5.69 Å². The van der Waals surface area contributed by atoms with Crippen molar-refractivity contribution in [3.63, 3.8) is 0 Å². The van der Waals surface area contributed by atoms with Crippen molar-refractivity contribution in [2.45, 2.75) is 78.1 Å². The summed E-state index contributed by atoms with van der Waals surface area (Å²) in [7, 11) is 0. The number of anilines is 1. The third-order valence-electron chi connectivity index (χ3n) is 8.03. The highest BCUT2D eigenvalue weighted by atomic mass is 16.6. The van der Waals surface area contributed by atoms with Gasteiger partial charge in [0.15, 0.2) is 0 Å². The first-order valence-corrected chi connectivity index (χ1v) is 21.1. The minimum atomic E-state index is -0.107. The molecule has 0 aliphatic carbocycles. The summed E-state index contributed by atoms with van der Waals surface area (Å²) in [5.74, 6) is 0.611. The van der Waals surface area contributed by atoms with Gasteiger partial charge in [-0.15, -0.1) is 0 Å². The van der Waals surface area contributed by atoms with Crippen LogP contribution in [0.3, 0.4) is 0 Å². The molecule has 0 aliphatic heterocycles. The second-order valence-electron chi connectivity index (χ2n) is 13.0. The van der Waals surface area contributed by atoms with Crippen LogP contribution < -0.4 is 10.1 Å². The Morgan fingerprint density at radius 2 is 0.643 bits per heavy atom. The van der Waals surface area contributed by atoms with Gasteiger partial charge in [-0.2, -0.15) is 0 Å². The fourth-order valence-electron chi connectivity index (χ4n) is 5.05. The summed E-state index contributed by atoms with van der Waals surface area (Å²) in [5, 5.41) is 2.71. The molecule has 1 rings (SSSR count). The molecule has 0 bridgehead atoms. The molecular weight excluding hydrogens is 726 g/mol. The van der Waals surface area contributed by atoms with Gasteiger partial charge in [0.2, 0.25) is 5.91 Å². The minimum absolute atomic E-state index is 0.107. The fraction of sp³-hybridized carbons (Fsp3) is 0.833. The SMILES string of the molecule is CCCCCCCCCCCCOCCOCCOCCOCCOCCOCCOCCOCCOCCOCCOCCOc1ccc(NC(C)=O)cc1. The number of hydrogen-bond acceptors (Lipinski definition) is 13. The van der Waals surface area contributed by atoms with E-state index in [0.29, 0.717) is 145 Å². The summed E-state index contributed by atoms with van der Waals surface area (Å²) in [5.41, 5.74) is 0.733. The molecule has 1 amide bonds. The van der Waals surface area contributed by atoms with Crippen molar-refractivity contribution >= 4 is 11.6 Å². The van der Waals surface area contributed by atoms with Crippen LogP contribution in [0.2, 0.25) is 0 Å². The van der Waals surface area contributed by atoms with E-state index in [4.69, 9.17) is 56.8 Å². The smallest absolute Gasteiger partial charge is 0.221 e. The van der Waals surface area contributed by atoms with Crippen molar-refractivity contribution in [1.29, 1.82) is 0 Å². The molecule has 56 heavy (non-hydrogen) atoms. The lowest BCUT2D eigenvalue weighted by Crippen LogP contribution is -2.15. The van der Waals surface area contributed by atoms with Crippen LogP contribution in [-0.2, 0) is 56.9 Å². The lowest BCUT2D eigenvalue weighted by Gasteiger charge is -2.09. The van der Waals surface area contributed by atoms with E-state index in [9.17, 15) is 4.79 Å². The summed E-state index contributed by atoms with van der Waals surface area (Å²) >= 11 is 0. The maximum absolute atomic E-state index is 11.1. The van der Waals surface area contributed by atoms with Crippen LogP contribution in [0.5, 0.6) is 5.75 Å². The molecule has 14 nitrogen and oxygen atoms in total. The van der Waals surface area contributed by atoms with Crippen molar-refractivity contribution in [2.24, 2.45) is 0 Å². The predicted octanol–water partition coefficient (Wildman–Crippen LogP) is 6.13. The van der Waals surface area contributed by atoms with Gasteiger partial charge in [-0.05, 0) is 30.7 Å². The fourth-order valence-corrected chi connectivity index (χ4v) is 5.05. The monoisotopic (exact) mass is 804 g/mol. The van der Waals surface area contributed by atoms with Crippen molar-refractivity contribution in [3.8, 4) is 5.75 Å². The molecule has 0 heterocycles. The van der Waals surface area contributed by atoms with Crippen LogP contribution in [0, 0.1) is 0 Å². The quantitative estimate of drug-likeness (QED) is 0.0758. The molecule has 0 saturated carbocycles. The van der Waals surface area contributed by atoms with Gasteiger partial charge in [-0.3, -0.25) is 4.79 Å². The Labute approximate surface area is 338 Å². The largest absolute Gasteiger partial charge is 0.491 e. The van der Waals surface area contributed by atoms with Crippen molar-refractivity contribution < 1.29 is 61.6 Å². The van der Waals surface area contributed by atoms with E-state index in [1.807, 2.05) is 0 Å². The molecule has 0 fully saturated rings. The van der Waals surface area contributed by atoms with Crippen LogP contribution in [0.15, 0.2) is 24.3 Å². The lowest BCUT2D eigenvalue weighted by atomic mass is 10.1. The molecule has 0 unspecified atom stereocenters. The van der Waals surface area contributed by atoms with E-state index in [2.05, 4.69) is 12.2 Å². The summed E-state index contributed by atoms with van der Waals surface area (Å²) in [6.45, 7) is 15.9. The van der Waals surface area contributed by atoms with E-state index in [0.717, 1.165) is 24.5 Å². The number of ether oxygens (including phenoxy) is 12. The summed E-state index contributed by atoms with van der Waals surface area (Å²) in [4.78, 5) is 11.1. The van der Waals surface area contributed by atoms with Gasteiger partial charge in [0.05, 0.1) is 139 Å². The van der Waals surface area contributed by atoms with Crippen molar-refractivity contribution in [3.05, 3.63) is 24.3 Å². The maximum atomic E-state index is 11.1. The van der Waals surface area contributed by atoms with Crippen molar-refractivity contribution in [2.75, 3.05) is 157 Å². The average Bonchev–Trinajstić information content (AvgIpc) is 3.20. The Morgan fingerprint density at radius 1 is 0.375 bits per heavy atom. The summed E-state index contributed by atoms with van der Waals surface area (Å²) in [6, 6.07) is 7.19. The van der Waals surface area contributed by atoms with E-state index in [1.54, 1.807) is 24.3 Å². The topological polar surface area (TPSA) is 140 Å². The molecule has 0 spiro atoms. The number of carbonyl (C=O) groups is 1. The molecule has 0 aliphatic rings. The predicted molar refractivity (Wildman–Crippen MR) is 217 cm³/mol. The molecule has 328 valence electrons. The zero-order chi connectivity index (χ0) is 40.1. The van der Waals surface area contributed by atoms with Gasteiger partial charge in [0.1, 0.15) is 12.4 Å². The molecule has 1 aromatic carbocycles. The van der Waals surface area contributed by atoms with Crippen molar-refractivity contribution in [1.82, 2.24) is 0 Å². The molecule has 1 aromatic rings. The van der Waals surface area contributed by atoms with Gasteiger partial charge in [-0.1, -0.05) is 64.7 Å². The number of unbranched alkanes of at least 4 members (excludes halogenated alkanes) is 9. The van der Waals surface area contributed by atoms with Gasteiger partial charge in [0, 0.05) is 19.2 Å². The van der Waals surface area contributed by atoms with E-state index >= 15 is 0 Å². The number of benzene rings is 1. The maximum Gasteiger partial charge on any atom is 0.221 e. The van der Waals surface area contributed by atoms with E-state index in [1.165, 1.54) is 64.7 Å². The highest BCUT2D eigenvalue weighted by molar-refractivity contribution is 5.88. The van der Waals surface area contributed by atoms with Crippen LogP contribution in [0.25, 0.3) is 0 Å². The molecule has 0 aromatic heterocycles. The first kappa shape index (κ1) is 52.1. The Bertz CT molecular complexity index is 928. The average molecular weight is 804 g/mol. The molecular formula is C42H77NO13. The van der Waals surface area contributed by atoms with Gasteiger partial charge >= 0.3 is 0 Å². The zero-order valence-corrected chi connectivity index (χ0v) is 35.0. The molecule has 0 atom stereocenters. The third kappa shape index (κ3) is 40.3. The molecule has 14 heteroatoms. The molecule has 1 N–H and O–H groups in total. The molecule has 0 radical (unpaired) electrons. The molecule has 0 saturated heterocycles. The highest BCUT2D eigenvalue weighted by Crippen LogP contribution is 2.15. The summed E-state index contributed by atoms with van der Waals surface area (Å²) < 4.78 is 66.4. The van der Waals surface area contributed by atoms with Gasteiger partial charge in [-0.25, -0.2) is 0 Å². The van der Waals surface area contributed by atoms with Gasteiger partial charge < -0.3 is 62.2 Å². The number of carbonyl (C=O) groups excluding carboxylic acids is 1. The second kappa shape index (κ2) is 44.2. The highest BCUT2D eigenvalue weighted by Gasteiger charge is 2.00. The Hall–Kier alpha value is -1.95. The first-order valence-electron chi connectivity index (χ1n) is 21.1. The van der Waals surface area contributed by atoms with Crippen LogP contribution in [0.1, 0.15) is 78.1 Å². The Balaban J connectivity index is 1.63. The van der Waals surface area contributed by atoms with E-state index in [-0.39, 0.29) is 5.91 Å². The minimum Gasteiger partial charge on any atom is -0.491 e. The van der Waals surface area contributed by atoms with Crippen LogP contribution in [-0.4, -0.2) is 158 Å². The first-order chi connectivity index (χ1) is 27.7.